The summed E-state index contributed by atoms with van der Waals surface area (Å²) in [5.41, 5.74) is 0.772. The lowest BCUT2D eigenvalue weighted by molar-refractivity contribution is 0.110. The van der Waals surface area contributed by atoms with Crippen molar-refractivity contribution < 1.29 is 9.21 Å². The Balaban J connectivity index is 2.14. The van der Waals surface area contributed by atoms with E-state index in [0.29, 0.717) is 17.1 Å². The Kier molecular flexibility index (Phi) is 3.17. The van der Waals surface area contributed by atoms with Crippen LogP contribution in [0, 0.1) is 0 Å². The fourth-order valence-corrected chi connectivity index (χ4v) is 1.29. The molecule has 0 radical (unpaired) electrons. The average molecular weight is 234 g/mol. The number of rotatable bonds is 3. The van der Waals surface area contributed by atoms with Crippen molar-refractivity contribution in [2.24, 2.45) is 4.99 Å². The molecule has 0 saturated heterocycles. The van der Waals surface area contributed by atoms with Gasteiger partial charge in [0.1, 0.15) is 5.76 Å². The van der Waals surface area contributed by atoms with Gasteiger partial charge >= 0.3 is 0 Å². The number of benzene rings is 1. The molecule has 0 spiro atoms. The number of furan rings is 1. The summed E-state index contributed by atoms with van der Waals surface area (Å²) in [7, 11) is 0. The Morgan fingerprint density at radius 3 is 2.38 bits per heavy atom. The maximum atomic E-state index is 10.4. The van der Waals surface area contributed by atoms with E-state index in [4.69, 9.17) is 16.0 Å². The Hall–Kier alpha value is -1.87. The minimum atomic E-state index is 0.289. The minimum Gasteiger partial charge on any atom is -0.452 e. The van der Waals surface area contributed by atoms with Crippen LogP contribution in [-0.2, 0) is 0 Å². The van der Waals surface area contributed by atoms with Crippen LogP contribution in [0.4, 0.5) is 5.69 Å². The van der Waals surface area contributed by atoms with Crippen LogP contribution in [0.2, 0.25) is 5.02 Å². The van der Waals surface area contributed by atoms with Gasteiger partial charge in [0.15, 0.2) is 12.0 Å². The van der Waals surface area contributed by atoms with Gasteiger partial charge in [0.25, 0.3) is 0 Å². The predicted molar refractivity (Wildman–Crippen MR) is 62.8 cm³/mol. The molecule has 1 aromatic carbocycles. The molecule has 0 N–H and O–H groups in total. The van der Waals surface area contributed by atoms with Crippen molar-refractivity contribution in [2.75, 3.05) is 0 Å². The van der Waals surface area contributed by atoms with Crippen LogP contribution in [0.1, 0.15) is 16.3 Å². The molecule has 0 aliphatic heterocycles. The number of carbonyl (C=O) groups is 1. The van der Waals surface area contributed by atoms with E-state index in [-0.39, 0.29) is 5.76 Å². The molecule has 4 heteroatoms. The molecule has 0 unspecified atom stereocenters. The van der Waals surface area contributed by atoms with Crippen molar-refractivity contribution in [1.82, 2.24) is 0 Å². The minimum absolute atomic E-state index is 0.289. The molecule has 0 bridgehead atoms. The lowest BCUT2D eigenvalue weighted by Gasteiger charge is -1.92. The molecule has 2 aromatic rings. The molecule has 1 heterocycles. The molecule has 80 valence electrons. The summed E-state index contributed by atoms with van der Waals surface area (Å²) in [5, 5.41) is 0.667. The molecule has 0 atom stereocenters. The third kappa shape index (κ3) is 2.58. The first kappa shape index (κ1) is 10.6. The summed E-state index contributed by atoms with van der Waals surface area (Å²) in [6, 6.07) is 10.4. The maximum absolute atomic E-state index is 10.4. The van der Waals surface area contributed by atoms with Crippen molar-refractivity contribution in [3.8, 4) is 0 Å². The van der Waals surface area contributed by atoms with E-state index >= 15 is 0 Å². The smallest absolute Gasteiger partial charge is 0.185 e. The Morgan fingerprint density at radius 2 is 1.75 bits per heavy atom. The number of hydrogen-bond acceptors (Lipinski definition) is 3. The van der Waals surface area contributed by atoms with Gasteiger partial charge in [-0.1, -0.05) is 11.6 Å². The number of halogens is 1. The van der Waals surface area contributed by atoms with Gasteiger partial charge in [0, 0.05) is 5.02 Å². The van der Waals surface area contributed by atoms with E-state index in [2.05, 4.69) is 4.99 Å². The summed E-state index contributed by atoms with van der Waals surface area (Å²) >= 11 is 5.74. The zero-order valence-electron chi connectivity index (χ0n) is 8.26. The van der Waals surface area contributed by atoms with E-state index in [1.807, 2.05) is 0 Å². The second-order valence-corrected chi connectivity index (χ2v) is 3.53. The molecule has 0 aliphatic rings. The second-order valence-electron chi connectivity index (χ2n) is 3.09. The van der Waals surface area contributed by atoms with Crippen molar-refractivity contribution in [1.29, 1.82) is 0 Å². The fourth-order valence-electron chi connectivity index (χ4n) is 1.17. The van der Waals surface area contributed by atoms with Crippen LogP contribution in [0.15, 0.2) is 45.8 Å². The van der Waals surface area contributed by atoms with Gasteiger partial charge in [-0.15, -0.1) is 0 Å². The maximum Gasteiger partial charge on any atom is 0.185 e. The van der Waals surface area contributed by atoms with Gasteiger partial charge in [-0.25, -0.2) is 0 Å². The highest BCUT2D eigenvalue weighted by Crippen LogP contribution is 2.16. The third-order valence-electron chi connectivity index (χ3n) is 1.93. The van der Waals surface area contributed by atoms with E-state index in [9.17, 15) is 4.79 Å². The highest BCUT2D eigenvalue weighted by Gasteiger charge is 1.97. The molecular weight excluding hydrogens is 226 g/mol. The molecule has 2 rings (SSSR count). The summed E-state index contributed by atoms with van der Waals surface area (Å²) in [6.45, 7) is 0. The predicted octanol–water partition coefficient (Wildman–Crippen LogP) is 3.50. The summed E-state index contributed by atoms with van der Waals surface area (Å²) in [5.74, 6) is 0.828. The summed E-state index contributed by atoms with van der Waals surface area (Å²) in [6.07, 6.45) is 2.20. The molecule has 16 heavy (non-hydrogen) atoms. The second kappa shape index (κ2) is 4.77. The van der Waals surface area contributed by atoms with E-state index in [0.717, 1.165) is 5.69 Å². The van der Waals surface area contributed by atoms with Crippen molar-refractivity contribution in [2.45, 2.75) is 0 Å². The monoisotopic (exact) mass is 233 g/mol. The Morgan fingerprint density at radius 1 is 1.06 bits per heavy atom. The highest BCUT2D eigenvalue weighted by atomic mass is 35.5. The Labute approximate surface area is 97.4 Å². The quantitative estimate of drug-likeness (QED) is 0.602. The first-order valence-corrected chi connectivity index (χ1v) is 5.00. The van der Waals surface area contributed by atoms with E-state index < -0.39 is 0 Å². The molecule has 0 saturated carbocycles. The topological polar surface area (TPSA) is 42.6 Å². The average Bonchev–Trinajstić information content (AvgIpc) is 2.76. The number of carbonyl (C=O) groups excluding carboxylic acids is 1. The zero-order chi connectivity index (χ0) is 11.4. The van der Waals surface area contributed by atoms with E-state index in [1.165, 1.54) is 0 Å². The number of aldehydes is 1. The van der Waals surface area contributed by atoms with Crippen LogP contribution in [0.3, 0.4) is 0 Å². The first-order valence-electron chi connectivity index (χ1n) is 4.62. The standard InChI is InChI=1S/C12H8ClNO2/c13-9-1-3-10(4-2-9)14-7-11-5-6-12(8-15)16-11/h1-8H. The first-order chi connectivity index (χ1) is 7.78. The van der Waals surface area contributed by atoms with Crippen LogP contribution in [0.25, 0.3) is 0 Å². The molecule has 0 fully saturated rings. The van der Waals surface area contributed by atoms with Gasteiger partial charge in [-0.05, 0) is 36.4 Å². The van der Waals surface area contributed by atoms with Crippen LogP contribution < -0.4 is 0 Å². The molecule has 3 nitrogen and oxygen atoms in total. The fraction of sp³-hybridized carbons (Fsp3) is 0. The Bertz CT molecular complexity index is 514. The van der Waals surface area contributed by atoms with Gasteiger partial charge in [-0.2, -0.15) is 0 Å². The molecular formula is C12H8ClNO2. The number of aliphatic imine (C=N–C) groups is 1. The van der Waals surface area contributed by atoms with Gasteiger partial charge in [-0.3, -0.25) is 9.79 Å². The molecule has 0 aliphatic carbocycles. The highest BCUT2D eigenvalue weighted by molar-refractivity contribution is 6.30. The number of hydrogen-bond donors (Lipinski definition) is 0. The van der Waals surface area contributed by atoms with Crippen LogP contribution in [-0.4, -0.2) is 12.5 Å². The van der Waals surface area contributed by atoms with Crippen LogP contribution in [0.5, 0.6) is 0 Å². The van der Waals surface area contributed by atoms with Gasteiger partial charge in [0.2, 0.25) is 0 Å². The SMILES string of the molecule is O=Cc1ccc(C=Nc2ccc(Cl)cc2)o1. The normalized spacial score (nSPS) is 10.8. The lowest BCUT2D eigenvalue weighted by Crippen LogP contribution is -1.75. The molecule has 1 aromatic heterocycles. The lowest BCUT2D eigenvalue weighted by atomic mass is 10.3. The van der Waals surface area contributed by atoms with Crippen molar-refractivity contribution in [3.05, 3.63) is 52.9 Å². The largest absolute Gasteiger partial charge is 0.452 e. The zero-order valence-corrected chi connectivity index (χ0v) is 9.02. The van der Waals surface area contributed by atoms with Crippen LogP contribution >= 0.6 is 11.6 Å². The summed E-state index contributed by atoms with van der Waals surface area (Å²) < 4.78 is 5.13. The van der Waals surface area contributed by atoms with Gasteiger partial charge in [0.05, 0.1) is 11.9 Å². The third-order valence-corrected chi connectivity index (χ3v) is 2.18. The van der Waals surface area contributed by atoms with Crippen molar-refractivity contribution >= 4 is 29.8 Å². The number of nitrogens with zero attached hydrogens (tertiary/aromatic N) is 1. The van der Waals surface area contributed by atoms with Gasteiger partial charge < -0.3 is 4.42 Å². The van der Waals surface area contributed by atoms with E-state index in [1.54, 1.807) is 42.6 Å². The summed E-state index contributed by atoms with van der Waals surface area (Å²) in [4.78, 5) is 14.6. The molecule has 0 amide bonds. The van der Waals surface area contributed by atoms with Crippen molar-refractivity contribution in [3.63, 3.8) is 0 Å².